The fourth-order valence-electron chi connectivity index (χ4n) is 3.39. The first-order valence-electron chi connectivity index (χ1n) is 8.00. The molecule has 1 aliphatic rings. The lowest BCUT2D eigenvalue weighted by molar-refractivity contribution is 0.0901. The number of rotatable bonds is 4. The van der Waals surface area contributed by atoms with Crippen LogP contribution in [-0.2, 0) is 19.3 Å². The lowest BCUT2D eigenvalue weighted by atomic mass is 9.79. The number of Topliss-reactive ketones (excluding diaryl/α,β-unsaturated/α-hetero) is 1. The Labute approximate surface area is 132 Å². The van der Waals surface area contributed by atoms with Gasteiger partial charge >= 0.3 is 0 Å². The van der Waals surface area contributed by atoms with Gasteiger partial charge in [0, 0.05) is 11.5 Å². The fourth-order valence-corrected chi connectivity index (χ4v) is 3.39. The Balaban J connectivity index is 1.84. The molecule has 2 nitrogen and oxygen atoms in total. The van der Waals surface area contributed by atoms with E-state index in [-0.39, 0.29) is 11.7 Å². The molecule has 2 aromatic rings. The fraction of sp³-hybridized carbons (Fsp3) is 0.350. The maximum atomic E-state index is 12.8. The van der Waals surface area contributed by atoms with Crippen molar-refractivity contribution in [3.63, 3.8) is 0 Å². The van der Waals surface area contributed by atoms with E-state index in [4.69, 9.17) is 4.74 Å². The number of hydrogen-bond acceptors (Lipinski definition) is 2. The third kappa shape index (κ3) is 2.78. The standard InChI is InChI=1S/C20H22O2/c1-3-14-6-4-5-7-15(14)12-17-9-8-16-13-18(22-2)10-11-19(16)20(17)21/h4-7,10-11,13,17H,3,8-9,12H2,1-2H3. The highest BCUT2D eigenvalue weighted by atomic mass is 16.5. The molecule has 0 aliphatic heterocycles. The van der Waals surface area contributed by atoms with Crippen LogP contribution < -0.4 is 4.74 Å². The number of ketones is 1. The molecular weight excluding hydrogens is 272 g/mol. The van der Waals surface area contributed by atoms with Crippen molar-refractivity contribution in [3.05, 3.63) is 64.7 Å². The van der Waals surface area contributed by atoms with Crippen LogP contribution in [0, 0.1) is 5.92 Å². The second kappa shape index (κ2) is 6.35. The second-order valence-corrected chi connectivity index (χ2v) is 5.95. The van der Waals surface area contributed by atoms with Crippen molar-refractivity contribution < 1.29 is 9.53 Å². The second-order valence-electron chi connectivity index (χ2n) is 5.95. The van der Waals surface area contributed by atoms with Gasteiger partial charge in [0.05, 0.1) is 7.11 Å². The molecule has 1 atom stereocenters. The maximum absolute atomic E-state index is 12.8. The first-order valence-corrected chi connectivity index (χ1v) is 8.00. The van der Waals surface area contributed by atoms with Gasteiger partial charge in [-0.15, -0.1) is 0 Å². The highest BCUT2D eigenvalue weighted by Crippen LogP contribution is 2.31. The predicted octanol–water partition coefficient (Wildman–Crippen LogP) is 4.25. The zero-order chi connectivity index (χ0) is 15.5. The molecule has 0 radical (unpaired) electrons. The lowest BCUT2D eigenvalue weighted by Crippen LogP contribution is -2.24. The molecule has 114 valence electrons. The molecule has 2 aromatic carbocycles. The number of benzene rings is 2. The van der Waals surface area contributed by atoms with Gasteiger partial charge in [0.15, 0.2) is 5.78 Å². The third-order valence-electron chi connectivity index (χ3n) is 4.68. The molecule has 1 unspecified atom stereocenters. The first-order chi connectivity index (χ1) is 10.7. The molecule has 0 aromatic heterocycles. The Kier molecular flexibility index (Phi) is 4.28. The highest BCUT2D eigenvalue weighted by molar-refractivity contribution is 6.00. The number of carbonyl (C=O) groups excluding carboxylic acids is 1. The highest BCUT2D eigenvalue weighted by Gasteiger charge is 2.28. The van der Waals surface area contributed by atoms with E-state index < -0.39 is 0 Å². The van der Waals surface area contributed by atoms with Crippen molar-refractivity contribution in [1.29, 1.82) is 0 Å². The summed E-state index contributed by atoms with van der Waals surface area (Å²) in [5.41, 5.74) is 4.69. The van der Waals surface area contributed by atoms with Crippen molar-refractivity contribution in [3.8, 4) is 5.75 Å². The Morgan fingerprint density at radius 1 is 1.14 bits per heavy atom. The number of methoxy groups -OCH3 is 1. The third-order valence-corrected chi connectivity index (χ3v) is 4.68. The lowest BCUT2D eigenvalue weighted by Gasteiger charge is -2.24. The number of hydrogen-bond donors (Lipinski definition) is 0. The number of ether oxygens (including phenoxy) is 1. The quantitative estimate of drug-likeness (QED) is 0.843. The Hall–Kier alpha value is -2.09. The van der Waals surface area contributed by atoms with Gasteiger partial charge < -0.3 is 4.74 Å². The molecule has 0 saturated heterocycles. The van der Waals surface area contributed by atoms with Crippen LogP contribution in [0.25, 0.3) is 0 Å². The summed E-state index contributed by atoms with van der Waals surface area (Å²) in [4.78, 5) is 12.8. The van der Waals surface area contributed by atoms with Crippen molar-refractivity contribution in [2.75, 3.05) is 7.11 Å². The van der Waals surface area contributed by atoms with E-state index in [0.29, 0.717) is 0 Å². The Morgan fingerprint density at radius 2 is 1.91 bits per heavy atom. The van der Waals surface area contributed by atoms with Gasteiger partial charge in [0.1, 0.15) is 5.75 Å². The molecule has 0 amide bonds. The van der Waals surface area contributed by atoms with E-state index in [1.807, 2.05) is 18.2 Å². The van der Waals surface area contributed by atoms with Crippen molar-refractivity contribution in [1.82, 2.24) is 0 Å². The number of carbonyl (C=O) groups is 1. The van der Waals surface area contributed by atoms with E-state index in [1.54, 1.807) is 7.11 Å². The molecule has 1 aliphatic carbocycles. The summed E-state index contributed by atoms with van der Waals surface area (Å²) in [6.07, 6.45) is 3.76. The summed E-state index contributed by atoms with van der Waals surface area (Å²) < 4.78 is 5.26. The minimum Gasteiger partial charge on any atom is -0.497 e. The van der Waals surface area contributed by atoms with Crippen molar-refractivity contribution in [2.45, 2.75) is 32.6 Å². The first kappa shape index (κ1) is 14.8. The molecule has 0 spiro atoms. The van der Waals surface area contributed by atoms with Crippen LogP contribution in [0.4, 0.5) is 0 Å². The summed E-state index contributed by atoms with van der Waals surface area (Å²) >= 11 is 0. The van der Waals surface area contributed by atoms with Crippen LogP contribution in [0.3, 0.4) is 0 Å². The summed E-state index contributed by atoms with van der Waals surface area (Å²) in [7, 11) is 1.66. The molecule has 2 heteroatoms. The van der Waals surface area contributed by atoms with Crippen LogP contribution in [0.5, 0.6) is 5.75 Å². The normalized spacial score (nSPS) is 17.2. The Bertz CT molecular complexity index is 688. The number of aryl methyl sites for hydroxylation is 2. The number of fused-ring (bicyclic) bond motifs is 1. The summed E-state index contributed by atoms with van der Waals surface area (Å²) in [5, 5.41) is 0. The van der Waals surface area contributed by atoms with Crippen LogP contribution in [0.15, 0.2) is 42.5 Å². The van der Waals surface area contributed by atoms with E-state index in [0.717, 1.165) is 42.6 Å². The SMILES string of the molecule is CCc1ccccc1CC1CCc2cc(OC)ccc2C1=O. The monoisotopic (exact) mass is 294 g/mol. The van der Waals surface area contributed by atoms with E-state index in [1.165, 1.54) is 11.1 Å². The molecule has 22 heavy (non-hydrogen) atoms. The maximum Gasteiger partial charge on any atom is 0.166 e. The van der Waals surface area contributed by atoms with Gasteiger partial charge in [-0.25, -0.2) is 0 Å². The zero-order valence-electron chi connectivity index (χ0n) is 13.3. The topological polar surface area (TPSA) is 26.3 Å². The summed E-state index contributed by atoms with van der Waals surface area (Å²) in [6, 6.07) is 14.3. The molecule has 0 heterocycles. The van der Waals surface area contributed by atoms with Crippen molar-refractivity contribution in [2.24, 2.45) is 5.92 Å². The zero-order valence-corrected chi connectivity index (χ0v) is 13.3. The molecule has 0 saturated carbocycles. The van der Waals surface area contributed by atoms with Gasteiger partial charge in [-0.3, -0.25) is 4.79 Å². The molecule has 0 N–H and O–H groups in total. The van der Waals surface area contributed by atoms with Crippen LogP contribution in [-0.4, -0.2) is 12.9 Å². The van der Waals surface area contributed by atoms with Gasteiger partial charge in [-0.1, -0.05) is 31.2 Å². The average molecular weight is 294 g/mol. The van der Waals surface area contributed by atoms with E-state index in [2.05, 4.69) is 31.2 Å². The molecule has 0 fully saturated rings. The van der Waals surface area contributed by atoms with E-state index >= 15 is 0 Å². The summed E-state index contributed by atoms with van der Waals surface area (Å²) in [6.45, 7) is 2.17. The van der Waals surface area contributed by atoms with Gasteiger partial charge in [0.2, 0.25) is 0 Å². The largest absolute Gasteiger partial charge is 0.497 e. The van der Waals surface area contributed by atoms with Crippen LogP contribution in [0.1, 0.15) is 40.4 Å². The van der Waals surface area contributed by atoms with Crippen LogP contribution >= 0.6 is 0 Å². The van der Waals surface area contributed by atoms with Crippen molar-refractivity contribution >= 4 is 5.78 Å². The minimum absolute atomic E-state index is 0.105. The van der Waals surface area contributed by atoms with Crippen LogP contribution in [0.2, 0.25) is 0 Å². The minimum atomic E-state index is 0.105. The van der Waals surface area contributed by atoms with E-state index in [9.17, 15) is 4.79 Å². The molecule has 3 rings (SSSR count). The van der Waals surface area contributed by atoms with Gasteiger partial charge in [0.25, 0.3) is 0 Å². The average Bonchev–Trinajstić information content (AvgIpc) is 2.57. The molecule has 0 bridgehead atoms. The van der Waals surface area contributed by atoms with Gasteiger partial charge in [-0.2, -0.15) is 0 Å². The smallest absolute Gasteiger partial charge is 0.166 e. The Morgan fingerprint density at radius 3 is 2.64 bits per heavy atom. The molecular formula is C20H22O2. The van der Waals surface area contributed by atoms with Gasteiger partial charge in [-0.05, 0) is 60.6 Å². The predicted molar refractivity (Wildman–Crippen MR) is 88.7 cm³/mol. The summed E-state index contributed by atoms with van der Waals surface area (Å²) in [5.74, 6) is 1.23.